The summed E-state index contributed by atoms with van der Waals surface area (Å²) in [6, 6.07) is 5.67. The minimum atomic E-state index is -0.387. The Morgan fingerprint density at radius 1 is 1.04 bits per heavy atom. The molecule has 3 N–H and O–H groups in total. The highest BCUT2D eigenvalue weighted by Gasteiger charge is 2.08. The Hall–Kier alpha value is -2.15. The minimum Gasteiger partial charge on any atom is -0.483 e. The second kappa shape index (κ2) is 12.2. The summed E-state index contributed by atoms with van der Waals surface area (Å²) >= 11 is 4.99. The van der Waals surface area contributed by atoms with Gasteiger partial charge in [-0.15, -0.1) is 0 Å². The Kier molecular flexibility index (Phi) is 10.3. The van der Waals surface area contributed by atoms with E-state index in [2.05, 4.69) is 23.1 Å². The molecule has 144 valence electrons. The number of hydrogen-bond acceptors (Lipinski definition) is 4. The first-order chi connectivity index (χ1) is 12.4. The molecule has 1 rings (SSSR count). The van der Waals surface area contributed by atoms with Crippen LogP contribution in [0.3, 0.4) is 0 Å². The summed E-state index contributed by atoms with van der Waals surface area (Å²) < 4.78 is 5.50. The van der Waals surface area contributed by atoms with E-state index in [1.165, 1.54) is 12.8 Å². The Morgan fingerprint density at radius 3 is 2.50 bits per heavy atom. The number of amides is 2. The van der Waals surface area contributed by atoms with E-state index < -0.39 is 0 Å². The number of ether oxygens (including phenoxy) is 1. The Bertz CT molecular complexity index is 620. The third kappa shape index (κ3) is 8.80. The van der Waals surface area contributed by atoms with Crippen LogP contribution < -0.4 is 20.9 Å². The van der Waals surface area contributed by atoms with Gasteiger partial charge in [0.1, 0.15) is 5.75 Å². The van der Waals surface area contributed by atoms with Crippen LogP contribution in [0.4, 0.5) is 0 Å². The molecule has 1 aromatic rings. The molecule has 0 bridgehead atoms. The summed E-state index contributed by atoms with van der Waals surface area (Å²) in [4.78, 5) is 23.5. The minimum absolute atomic E-state index is 0.0728. The molecule has 0 saturated heterocycles. The molecule has 0 aromatic heterocycles. The van der Waals surface area contributed by atoms with Crippen molar-refractivity contribution in [3.05, 3.63) is 29.3 Å². The molecular formula is C19H29N3O3S. The fraction of sp³-hybridized carbons (Fsp3) is 0.526. The van der Waals surface area contributed by atoms with Crippen LogP contribution in [0.15, 0.2) is 18.2 Å². The maximum absolute atomic E-state index is 11.8. The highest BCUT2D eigenvalue weighted by atomic mass is 32.1. The topological polar surface area (TPSA) is 79.5 Å². The normalized spacial score (nSPS) is 10.1. The van der Waals surface area contributed by atoms with E-state index in [0.717, 1.165) is 30.4 Å². The molecule has 1 aromatic carbocycles. The average molecular weight is 380 g/mol. The summed E-state index contributed by atoms with van der Waals surface area (Å²) in [5.74, 6) is 0.126. The molecule has 2 amide bonds. The van der Waals surface area contributed by atoms with Gasteiger partial charge in [-0.3, -0.25) is 20.4 Å². The van der Waals surface area contributed by atoms with Gasteiger partial charge in [-0.05, 0) is 49.7 Å². The number of hydrogen-bond donors (Lipinski definition) is 3. The second-order valence-corrected chi connectivity index (χ2v) is 6.61. The molecule has 0 fully saturated rings. The lowest BCUT2D eigenvalue weighted by Gasteiger charge is -2.13. The predicted molar refractivity (Wildman–Crippen MR) is 107 cm³/mol. The van der Waals surface area contributed by atoms with Crippen LogP contribution in [-0.4, -0.2) is 23.5 Å². The van der Waals surface area contributed by atoms with Crippen molar-refractivity contribution < 1.29 is 14.3 Å². The fourth-order valence-corrected chi connectivity index (χ4v) is 2.46. The van der Waals surface area contributed by atoms with E-state index in [1.54, 1.807) is 0 Å². The van der Waals surface area contributed by atoms with Gasteiger partial charge in [0.15, 0.2) is 11.7 Å². The molecule has 0 saturated carbocycles. The van der Waals surface area contributed by atoms with Crippen LogP contribution in [0.1, 0.15) is 56.6 Å². The lowest BCUT2D eigenvalue weighted by atomic mass is 10.1. The van der Waals surface area contributed by atoms with Crippen molar-refractivity contribution in [2.45, 2.75) is 59.3 Å². The van der Waals surface area contributed by atoms with Crippen molar-refractivity contribution in [2.75, 3.05) is 6.61 Å². The van der Waals surface area contributed by atoms with E-state index in [1.807, 2.05) is 32.0 Å². The van der Waals surface area contributed by atoms with Gasteiger partial charge >= 0.3 is 0 Å². The standard InChI is InChI=1S/C19H29N3O3S/c1-4-5-6-7-8-12-17(23)20-19(26)22-21-18(24)13-25-16-11-9-10-14(2)15(16)3/h9-11H,4-8,12-13H2,1-3H3,(H,21,24)(H2,20,22,23,26). The van der Waals surface area contributed by atoms with E-state index in [0.29, 0.717) is 12.2 Å². The van der Waals surface area contributed by atoms with Gasteiger partial charge in [0, 0.05) is 6.42 Å². The van der Waals surface area contributed by atoms with Gasteiger partial charge in [0.2, 0.25) is 5.91 Å². The van der Waals surface area contributed by atoms with Gasteiger partial charge < -0.3 is 10.1 Å². The second-order valence-electron chi connectivity index (χ2n) is 6.20. The van der Waals surface area contributed by atoms with E-state index in [4.69, 9.17) is 17.0 Å². The lowest BCUT2D eigenvalue weighted by Crippen LogP contribution is -2.49. The van der Waals surface area contributed by atoms with E-state index >= 15 is 0 Å². The van der Waals surface area contributed by atoms with Crippen molar-refractivity contribution in [3.63, 3.8) is 0 Å². The summed E-state index contributed by atoms with van der Waals surface area (Å²) in [6.07, 6.45) is 5.81. The smallest absolute Gasteiger partial charge is 0.276 e. The third-order valence-electron chi connectivity index (χ3n) is 3.99. The molecule has 0 spiro atoms. The molecule has 0 aliphatic carbocycles. The summed E-state index contributed by atoms with van der Waals surface area (Å²) in [5.41, 5.74) is 7.00. The van der Waals surface area contributed by atoms with Gasteiger partial charge in [-0.2, -0.15) is 0 Å². The number of carbonyl (C=O) groups is 2. The zero-order chi connectivity index (χ0) is 19.4. The van der Waals surface area contributed by atoms with Crippen molar-refractivity contribution in [1.29, 1.82) is 0 Å². The van der Waals surface area contributed by atoms with Crippen molar-refractivity contribution in [2.24, 2.45) is 0 Å². The number of carbonyl (C=O) groups excluding carboxylic acids is 2. The molecule has 0 atom stereocenters. The highest BCUT2D eigenvalue weighted by Crippen LogP contribution is 2.20. The van der Waals surface area contributed by atoms with Crippen molar-refractivity contribution in [3.8, 4) is 5.75 Å². The summed E-state index contributed by atoms with van der Waals surface area (Å²) in [5, 5.41) is 2.62. The molecular weight excluding hydrogens is 350 g/mol. The molecule has 26 heavy (non-hydrogen) atoms. The molecule has 7 heteroatoms. The number of thiocarbonyl (C=S) groups is 1. The molecule has 6 nitrogen and oxygen atoms in total. The monoisotopic (exact) mass is 379 g/mol. The van der Waals surface area contributed by atoms with Crippen LogP contribution in [0, 0.1) is 13.8 Å². The first kappa shape index (κ1) is 21.9. The summed E-state index contributed by atoms with van der Waals surface area (Å²) in [6.45, 7) is 5.92. The number of hydrazine groups is 1. The van der Waals surface area contributed by atoms with Crippen LogP contribution in [0.2, 0.25) is 0 Å². The number of benzene rings is 1. The maximum Gasteiger partial charge on any atom is 0.276 e. The quantitative estimate of drug-likeness (QED) is 0.349. The largest absolute Gasteiger partial charge is 0.483 e. The van der Waals surface area contributed by atoms with Crippen LogP contribution in [-0.2, 0) is 9.59 Å². The number of nitrogens with one attached hydrogen (secondary N) is 3. The number of unbranched alkanes of at least 4 members (excludes halogenated alkanes) is 4. The SMILES string of the molecule is CCCCCCCC(=O)NC(=S)NNC(=O)COc1cccc(C)c1C. The Balaban J connectivity index is 2.20. The van der Waals surface area contributed by atoms with Crippen molar-refractivity contribution >= 4 is 29.1 Å². The Labute approximate surface area is 161 Å². The van der Waals surface area contributed by atoms with Gasteiger partial charge in [0.25, 0.3) is 5.91 Å². The highest BCUT2D eigenvalue weighted by molar-refractivity contribution is 7.80. The third-order valence-corrected chi connectivity index (χ3v) is 4.19. The first-order valence-corrected chi connectivity index (χ1v) is 9.42. The molecule has 0 heterocycles. The molecule has 0 radical (unpaired) electrons. The van der Waals surface area contributed by atoms with E-state index in [9.17, 15) is 9.59 Å². The average Bonchev–Trinajstić information content (AvgIpc) is 2.61. The van der Waals surface area contributed by atoms with Crippen LogP contribution >= 0.6 is 12.2 Å². The zero-order valence-corrected chi connectivity index (χ0v) is 16.6. The lowest BCUT2D eigenvalue weighted by molar-refractivity contribution is -0.124. The maximum atomic E-state index is 11.8. The van der Waals surface area contributed by atoms with Crippen LogP contribution in [0.5, 0.6) is 5.75 Å². The fourth-order valence-electron chi connectivity index (χ4n) is 2.30. The number of aryl methyl sites for hydroxylation is 1. The van der Waals surface area contributed by atoms with Crippen LogP contribution in [0.25, 0.3) is 0 Å². The number of rotatable bonds is 9. The van der Waals surface area contributed by atoms with E-state index in [-0.39, 0.29) is 23.5 Å². The Morgan fingerprint density at radius 2 is 1.77 bits per heavy atom. The summed E-state index contributed by atoms with van der Waals surface area (Å²) in [7, 11) is 0. The molecule has 0 unspecified atom stereocenters. The molecule has 0 aliphatic heterocycles. The predicted octanol–water partition coefficient (Wildman–Crippen LogP) is 3.06. The zero-order valence-electron chi connectivity index (χ0n) is 15.8. The van der Waals surface area contributed by atoms with Gasteiger partial charge in [-0.1, -0.05) is 44.7 Å². The molecule has 0 aliphatic rings. The first-order valence-electron chi connectivity index (χ1n) is 9.01. The van der Waals surface area contributed by atoms with Gasteiger partial charge in [0.05, 0.1) is 0 Å². The van der Waals surface area contributed by atoms with Gasteiger partial charge in [-0.25, -0.2) is 0 Å². The van der Waals surface area contributed by atoms with Crippen molar-refractivity contribution in [1.82, 2.24) is 16.2 Å².